The molecule has 3 rings (SSSR count). The van der Waals surface area contributed by atoms with E-state index < -0.39 is 12.0 Å². The summed E-state index contributed by atoms with van der Waals surface area (Å²) in [7, 11) is 0. The first-order valence-electron chi connectivity index (χ1n) is 5.19. The van der Waals surface area contributed by atoms with Crippen molar-refractivity contribution in [1.82, 2.24) is 15.3 Å². The topological polar surface area (TPSA) is 95.3 Å². The monoisotopic (exact) mass is 283 g/mol. The largest absolute Gasteiger partial charge is 0.493 e. The first-order chi connectivity index (χ1) is 8.63. The number of thiazole rings is 1. The van der Waals surface area contributed by atoms with Crippen molar-refractivity contribution < 1.29 is 15.0 Å². The number of aliphatic carboxylic acids is 1. The van der Waals surface area contributed by atoms with E-state index in [-0.39, 0.29) is 11.3 Å². The summed E-state index contributed by atoms with van der Waals surface area (Å²) in [6.45, 7) is 0. The Hall–Kier alpha value is -1.38. The molecule has 18 heavy (non-hydrogen) atoms. The number of carboxylic acids is 1. The average Bonchev–Trinajstić information content (AvgIpc) is 2.93. The first kappa shape index (κ1) is 11.7. The standard InChI is InChI=1S/C10H9N3O3S2/c14-7-1-6-4(2-11-7)12-9(18-6)8-13-5(3-17-8)10(15)16/h1-2,5,8,13H,3H2,(H,11,14)(H,15,16). The van der Waals surface area contributed by atoms with Crippen molar-refractivity contribution in [3.8, 4) is 5.88 Å². The summed E-state index contributed by atoms with van der Waals surface area (Å²) in [4.78, 5) is 19.0. The predicted molar refractivity (Wildman–Crippen MR) is 68.8 cm³/mol. The third-order valence-corrected chi connectivity index (χ3v) is 5.03. The SMILES string of the molecule is O=C(O)C1CSC(c2nc3cnc(O)cc3s2)N1. The van der Waals surface area contributed by atoms with Gasteiger partial charge < -0.3 is 10.2 Å². The smallest absolute Gasteiger partial charge is 0.321 e. The Morgan fingerprint density at radius 2 is 2.39 bits per heavy atom. The van der Waals surface area contributed by atoms with Gasteiger partial charge in [0.1, 0.15) is 21.9 Å². The molecule has 94 valence electrons. The minimum atomic E-state index is -0.842. The lowest BCUT2D eigenvalue weighted by atomic mass is 10.3. The highest BCUT2D eigenvalue weighted by Crippen LogP contribution is 2.37. The summed E-state index contributed by atoms with van der Waals surface area (Å²) >= 11 is 2.96. The number of rotatable bonds is 2. The molecule has 2 aromatic rings. The second-order valence-electron chi connectivity index (χ2n) is 3.83. The Morgan fingerprint density at radius 3 is 3.11 bits per heavy atom. The lowest BCUT2D eigenvalue weighted by Crippen LogP contribution is -2.33. The van der Waals surface area contributed by atoms with E-state index in [0.717, 1.165) is 9.71 Å². The van der Waals surface area contributed by atoms with Crippen molar-refractivity contribution in [2.24, 2.45) is 0 Å². The first-order valence-corrected chi connectivity index (χ1v) is 7.06. The number of fused-ring (bicyclic) bond motifs is 1. The zero-order valence-electron chi connectivity index (χ0n) is 9.03. The molecule has 1 aliphatic heterocycles. The fraction of sp³-hybridized carbons (Fsp3) is 0.300. The molecular formula is C10H9N3O3S2. The van der Waals surface area contributed by atoms with Gasteiger partial charge in [-0.25, -0.2) is 9.97 Å². The van der Waals surface area contributed by atoms with Gasteiger partial charge in [0.05, 0.1) is 10.9 Å². The van der Waals surface area contributed by atoms with Crippen molar-refractivity contribution in [1.29, 1.82) is 0 Å². The average molecular weight is 283 g/mol. The van der Waals surface area contributed by atoms with Crippen LogP contribution in [-0.4, -0.2) is 37.9 Å². The molecule has 0 aliphatic carbocycles. The maximum absolute atomic E-state index is 10.9. The molecule has 6 nitrogen and oxygen atoms in total. The molecule has 0 saturated carbocycles. The molecule has 1 saturated heterocycles. The third kappa shape index (κ3) is 2.02. The van der Waals surface area contributed by atoms with E-state index in [2.05, 4.69) is 15.3 Å². The predicted octanol–water partition coefficient (Wildman–Crippen LogP) is 1.19. The lowest BCUT2D eigenvalue weighted by molar-refractivity contribution is -0.138. The van der Waals surface area contributed by atoms with E-state index in [1.54, 1.807) is 6.07 Å². The Bertz CT molecular complexity index is 615. The Morgan fingerprint density at radius 1 is 1.56 bits per heavy atom. The minimum Gasteiger partial charge on any atom is -0.493 e. The van der Waals surface area contributed by atoms with Gasteiger partial charge in [-0.15, -0.1) is 23.1 Å². The highest BCUT2D eigenvalue weighted by molar-refractivity contribution is 7.99. The second kappa shape index (κ2) is 4.38. The molecule has 3 N–H and O–H groups in total. The Kier molecular flexibility index (Phi) is 2.84. The molecule has 0 spiro atoms. The van der Waals surface area contributed by atoms with Crippen LogP contribution in [0.15, 0.2) is 12.3 Å². The Labute approximate surface area is 110 Å². The summed E-state index contributed by atoms with van der Waals surface area (Å²) in [6.07, 6.45) is 1.51. The zero-order chi connectivity index (χ0) is 12.7. The molecule has 3 heterocycles. The van der Waals surface area contributed by atoms with Crippen LogP contribution in [0.1, 0.15) is 10.4 Å². The van der Waals surface area contributed by atoms with Gasteiger partial charge in [-0.05, 0) is 0 Å². The summed E-state index contributed by atoms with van der Waals surface area (Å²) in [5.74, 6) is -0.349. The molecular weight excluding hydrogens is 274 g/mol. The third-order valence-electron chi connectivity index (χ3n) is 2.58. The van der Waals surface area contributed by atoms with Crippen LogP contribution >= 0.6 is 23.1 Å². The number of hydrogen-bond acceptors (Lipinski definition) is 7. The molecule has 2 atom stereocenters. The molecule has 1 aliphatic rings. The van der Waals surface area contributed by atoms with Crippen molar-refractivity contribution in [3.63, 3.8) is 0 Å². The fourth-order valence-electron chi connectivity index (χ4n) is 1.71. The van der Waals surface area contributed by atoms with E-state index in [0.29, 0.717) is 11.3 Å². The quantitative estimate of drug-likeness (QED) is 0.761. The van der Waals surface area contributed by atoms with Crippen LogP contribution in [0.3, 0.4) is 0 Å². The molecule has 1 fully saturated rings. The minimum absolute atomic E-state index is 0.0341. The van der Waals surface area contributed by atoms with Gasteiger partial charge in [0, 0.05) is 11.8 Å². The number of carboxylic acid groups (broad SMARTS) is 1. The maximum atomic E-state index is 10.9. The molecule has 0 radical (unpaired) electrons. The highest BCUT2D eigenvalue weighted by Gasteiger charge is 2.32. The number of carbonyl (C=O) groups is 1. The van der Waals surface area contributed by atoms with Crippen molar-refractivity contribution in [2.45, 2.75) is 11.4 Å². The van der Waals surface area contributed by atoms with Gasteiger partial charge in [0.25, 0.3) is 0 Å². The van der Waals surface area contributed by atoms with Crippen LogP contribution in [0.5, 0.6) is 5.88 Å². The van der Waals surface area contributed by atoms with E-state index >= 15 is 0 Å². The van der Waals surface area contributed by atoms with Crippen LogP contribution in [0.2, 0.25) is 0 Å². The molecule has 2 aromatic heterocycles. The van der Waals surface area contributed by atoms with Gasteiger partial charge in [0.2, 0.25) is 5.88 Å². The maximum Gasteiger partial charge on any atom is 0.321 e. The number of hydrogen-bond donors (Lipinski definition) is 3. The molecule has 2 unspecified atom stereocenters. The van der Waals surface area contributed by atoms with Crippen molar-refractivity contribution in [3.05, 3.63) is 17.3 Å². The summed E-state index contributed by atoms with van der Waals surface area (Å²) in [6, 6.07) is 1.03. The second-order valence-corrected chi connectivity index (χ2v) is 6.03. The van der Waals surface area contributed by atoms with Crippen LogP contribution in [0.25, 0.3) is 10.2 Å². The fourth-order valence-corrected chi connectivity index (χ4v) is 4.05. The zero-order valence-corrected chi connectivity index (χ0v) is 10.7. The van der Waals surface area contributed by atoms with Gasteiger partial charge >= 0.3 is 5.97 Å². The lowest BCUT2D eigenvalue weighted by Gasteiger charge is -2.06. The van der Waals surface area contributed by atoms with Crippen molar-refractivity contribution in [2.75, 3.05) is 5.75 Å². The number of aromatic hydroxyl groups is 1. The number of nitrogens with one attached hydrogen (secondary N) is 1. The summed E-state index contributed by atoms with van der Waals surface area (Å²) in [5, 5.41) is 21.9. The number of nitrogens with zero attached hydrogens (tertiary/aromatic N) is 2. The molecule has 0 aromatic carbocycles. The molecule has 0 amide bonds. The van der Waals surface area contributed by atoms with Gasteiger partial charge in [-0.3, -0.25) is 10.1 Å². The summed E-state index contributed by atoms with van der Waals surface area (Å²) < 4.78 is 0.846. The highest BCUT2D eigenvalue weighted by atomic mass is 32.2. The van der Waals surface area contributed by atoms with Crippen LogP contribution in [0, 0.1) is 0 Å². The van der Waals surface area contributed by atoms with Gasteiger partial charge in [-0.2, -0.15) is 0 Å². The van der Waals surface area contributed by atoms with E-state index in [1.165, 1.54) is 29.3 Å². The molecule has 8 heteroatoms. The summed E-state index contributed by atoms with van der Waals surface area (Å²) in [5.41, 5.74) is 0.717. The van der Waals surface area contributed by atoms with Crippen LogP contribution in [-0.2, 0) is 4.79 Å². The van der Waals surface area contributed by atoms with E-state index in [9.17, 15) is 9.90 Å². The normalized spacial score (nSPS) is 23.6. The molecule has 0 bridgehead atoms. The number of pyridine rings is 1. The van der Waals surface area contributed by atoms with E-state index in [4.69, 9.17) is 5.11 Å². The van der Waals surface area contributed by atoms with Crippen molar-refractivity contribution >= 4 is 39.3 Å². The number of aromatic nitrogens is 2. The van der Waals surface area contributed by atoms with E-state index in [1.807, 2.05) is 0 Å². The van der Waals surface area contributed by atoms with Gasteiger partial charge in [0.15, 0.2) is 0 Å². The Balaban J connectivity index is 1.89. The van der Waals surface area contributed by atoms with Crippen LogP contribution in [0.4, 0.5) is 0 Å². The number of thioether (sulfide) groups is 1. The van der Waals surface area contributed by atoms with Crippen LogP contribution < -0.4 is 5.32 Å². The van der Waals surface area contributed by atoms with Gasteiger partial charge in [-0.1, -0.05) is 0 Å².